The van der Waals surface area contributed by atoms with E-state index in [1.165, 1.54) is 16.4 Å². The molecule has 0 spiro atoms. The highest BCUT2D eigenvalue weighted by atomic mass is 32.2. The Hall–Kier alpha value is -3.00. The minimum absolute atomic E-state index is 0.0316. The number of aromatic nitrogens is 3. The molecule has 1 atom stereocenters. The summed E-state index contributed by atoms with van der Waals surface area (Å²) >= 11 is 1.30. The summed E-state index contributed by atoms with van der Waals surface area (Å²) < 4.78 is 6.63. The van der Waals surface area contributed by atoms with Crippen LogP contribution in [0.15, 0.2) is 59.8 Å². The maximum absolute atomic E-state index is 12.7. The number of ether oxygens (including phenoxy) is 1. The van der Waals surface area contributed by atoms with Crippen molar-refractivity contribution < 1.29 is 9.53 Å². The number of likely N-dealkylation sites (N-methyl/N-ethyl adjacent to an activating group) is 1. The van der Waals surface area contributed by atoms with Gasteiger partial charge >= 0.3 is 0 Å². The lowest BCUT2D eigenvalue weighted by Crippen LogP contribution is -2.27. The van der Waals surface area contributed by atoms with Crippen LogP contribution in [-0.2, 0) is 11.2 Å². The zero-order valence-electron chi connectivity index (χ0n) is 16.1. The number of nitrogens with two attached hydrogens (primary N) is 1. The SMILES string of the molecule is COc1ccc(Cc2nnc(S[C@H](C(=O)N(C)C)c3ccccc3)n2N)cc1. The van der Waals surface area contributed by atoms with Gasteiger partial charge in [-0.1, -0.05) is 54.2 Å². The van der Waals surface area contributed by atoms with Crippen LogP contribution >= 0.6 is 11.8 Å². The molecule has 1 heterocycles. The largest absolute Gasteiger partial charge is 0.497 e. The second-order valence-corrected chi connectivity index (χ2v) is 7.51. The molecule has 0 radical (unpaired) electrons. The van der Waals surface area contributed by atoms with Gasteiger partial charge in [-0.15, -0.1) is 10.2 Å². The number of benzene rings is 2. The zero-order chi connectivity index (χ0) is 20.1. The van der Waals surface area contributed by atoms with Crippen molar-refractivity contribution in [3.63, 3.8) is 0 Å². The first kappa shape index (κ1) is 19.8. The summed E-state index contributed by atoms with van der Waals surface area (Å²) in [5, 5.41) is 8.47. The Labute approximate surface area is 168 Å². The smallest absolute Gasteiger partial charge is 0.240 e. The molecule has 0 unspecified atom stereocenters. The first-order valence-electron chi connectivity index (χ1n) is 8.74. The molecule has 0 aliphatic heterocycles. The summed E-state index contributed by atoms with van der Waals surface area (Å²) in [5.74, 6) is 7.62. The molecule has 3 aromatic rings. The van der Waals surface area contributed by atoms with E-state index in [1.54, 1.807) is 26.1 Å². The number of nitrogens with zero attached hydrogens (tertiary/aromatic N) is 4. The fraction of sp³-hybridized carbons (Fsp3) is 0.250. The standard InChI is InChI=1S/C20H23N5O2S/c1-24(2)19(26)18(15-7-5-4-6-8-15)28-20-23-22-17(25(20)21)13-14-9-11-16(27-3)12-10-14/h4-12,18H,13,21H2,1-3H3/t18-/m0/s1. The number of rotatable bonds is 7. The third-order valence-electron chi connectivity index (χ3n) is 4.25. The van der Waals surface area contributed by atoms with Crippen molar-refractivity contribution >= 4 is 17.7 Å². The molecule has 3 rings (SSSR count). The van der Waals surface area contributed by atoms with Crippen molar-refractivity contribution in [3.8, 4) is 5.75 Å². The molecule has 1 amide bonds. The minimum Gasteiger partial charge on any atom is -0.497 e. The first-order chi connectivity index (χ1) is 13.5. The Morgan fingerprint density at radius 1 is 1.14 bits per heavy atom. The van der Waals surface area contributed by atoms with E-state index in [-0.39, 0.29) is 5.91 Å². The predicted octanol–water partition coefficient (Wildman–Crippen LogP) is 2.51. The molecule has 8 heteroatoms. The molecule has 146 valence electrons. The quantitative estimate of drug-likeness (QED) is 0.487. The van der Waals surface area contributed by atoms with Crippen molar-refractivity contribution in [2.45, 2.75) is 16.8 Å². The van der Waals surface area contributed by atoms with Gasteiger partial charge in [0.05, 0.1) is 7.11 Å². The lowest BCUT2D eigenvalue weighted by atomic mass is 10.1. The van der Waals surface area contributed by atoms with Crippen molar-refractivity contribution in [3.05, 3.63) is 71.5 Å². The van der Waals surface area contributed by atoms with E-state index in [2.05, 4.69) is 10.2 Å². The van der Waals surface area contributed by atoms with Crippen molar-refractivity contribution in [1.82, 2.24) is 19.8 Å². The van der Waals surface area contributed by atoms with Crippen LogP contribution in [0.5, 0.6) is 5.75 Å². The van der Waals surface area contributed by atoms with E-state index in [1.807, 2.05) is 54.6 Å². The number of hydrogen-bond acceptors (Lipinski definition) is 6. The Kier molecular flexibility index (Phi) is 6.20. The van der Waals surface area contributed by atoms with Gasteiger partial charge in [-0.25, -0.2) is 4.68 Å². The molecule has 0 saturated heterocycles. The summed E-state index contributed by atoms with van der Waals surface area (Å²) in [6.07, 6.45) is 0.533. The predicted molar refractivity (Wildman–Crippen MR) is 110 cm³/mol. The van der Waals surface area contributed by atoms with Crippen LogP contribution in [0.2, 0.25) is 0 Å². The van der Waals surface area contributed by atoms with Crippen molar-refractivity contribution in [2.24, 2.45) is 0 Å². The third kappa shape index (κ3) is 4.45. The molecule has 0 aliphatic carbocycles. The number of carbonyl (C=O) groups is 1. The molecule has 0 aliphatic rings. The maximum Gasteiger partial charge on any atom is 0.240 e. The summed E-state index contributed by atoms with van der Waals surface area (Å²) in [6.45, 7) is 0. The molecule has 2 aromatic carbocycles. The Morgan fingerprint density at radius 2 is 1.82 bits per heavy atom. The van der Waals surface area contributed by atoms with E-state index < -0.39 is 5.25 Å². The highest BCUT2D eigenvalue weighted by Crippen LogP contribution is 2.35. The molecule has 7 nitrogen and oxygen atoms in total. The molecule has 0 bridgehead atoms. The summed E-state index contributed by atoms with van der Waals surface area (Å²) in [7, 11) is 5.11. The van der Waals surface area contributed by atoms with E-state index in [0.29, 0.717) is 17.4 Å². The fourth-order valence-electron chi connectivity index (χ4n) is 2.66. The topological polar surface area (TPSA) is 86.3 Å². The lowest BCUT2D eigenvalue weighted by Gasteiger charge is -2.20. The van der Waals surface area contributed by atoms with Crippen molar-refractivity contribution in [2.75, 3.05) is 27.0 Å². The lowest BCUT2D eigenvalue weighted by molar-refractivity contribution is -0.128. The zero-order valence-corrected chi connectivity index (χ0v) is 16.9. The number of hydrogen-bond donors (Lipinski definition) is 1. The van der Waals surface area contributed by atoms with Gasteiger partial charge in [0.25, 0.3) is 0 Å². The third-order valence-corrected chi connectivity index (χ3v) is 5.45. The number of methoxy groups -OCH3 is 1. The Balaban J connectivity index is 1.81. The van der Waals surface area contributed by atoms with Gasteiger partial charge in [0.2, 0.25) is 11.1 Å². The molecular formula is C20H23N5O2S. The maximum atomic E-state index is 12.7. The summed E-state index contributed by atoms with van der Waals surface area (Å²) in [6, 6.07) is 17.3. The number of nitrogen functional groups attached to an aromatic ring is 1. The van der Waals surface area contributed by atoms with Gasteiger partial charge in [-0.2, -0.15) is 0 Å². The monoisotopic (exact) mass is 397 g/mol. The normalized spacial score (nSPS) is 11.8. The fourth-order valence-corrected chi connectivity index (χ4v) is 3.79. The number of amides is 1. The van der Waals surface area contributed by atoms with Gasteiger partial charge in [0, 0.05) is 20.5 Å². The Bertz CT molecular complexity index is 926. The highest BCUT2D eigenvalue weighted by Gasteiger charge is 2.26. The van der Waals surface area contributed by atoms with Crippen LogP contribution < -0.4 is 10.6 Å². The molecule has 2 N–H and O–H groups in total. The molecule has 0 saturated carbocycles. The second-order valence-electron chi connectivity index (χ2n) is 6.43. The van der Waals surface area contributed by atoms with Gasteiger partial charge in [0.15, 0.2) is 5.82 Å². The van der Waals surface area contributed by atoms with Crippen LogP contribution in [0.1, 0.15) is 22.2 Å². The van der Waals surface area contributed by atoms with E-state index in [0.717, 1.165) is 16.9 Å². The average Bonchev–Trinajstić information content (AvgIpc) is 3.06. The second kappa shape index (κ2) is 8.79. The number of carbonyl (C=O) groups excluding carboxylic acids is 1. The summed E-state index contributed by atoms with van der Waals surface area (Å²) in [4.78, 5) is 14.3. The van der Waals surface area contributed by atoms with Gasteiger partial charge in [-0.05, 0) is 23.3 Å². The first-order valence-corrected chi connectivity index (χ1v) is 9.62. The van der Waals surface area contributed by atoms with Gasteiger partial charge in [0.1, 0.15) is 11.0 Å². The molecule has 1 aromatic heterocycles. The highest BCUT2D eigenvalue weighted by molar-refractivity contribution is 8.00. The molecule has 28 heavy (non-hydrogen) atoms. The van der Waals surface area contributed by atoms with Crippen molar-refractivity contribution in [1.29, 1.82) is 0 Å². The van der Waals surface area contributed by atoms with E-state index >= 15 is 0 Å². The van der Waals surface area contributed by atoms with E-state index in [4.69, 9.17) is 10.6 Å². The van der Waals surface area contributed by atoms with E-state index in [9.17, 15) is 4.79 Å². The Morgan fingerprint density at radius 3 is 2.43 bits per heavy atom. The minimum atomic E-state index is -0.448. The van der Waals surface area contributed by atoms with Crippen LogP contribution in [0, 0.1) is 0 Å². The van der Waals surface area contributed by atoms with Crippen LogP contribution in [0.25, 0.3) is 0 Å². The number of thioether (sulfide) groups is 1. The van der Waals surface area contributed by atoms with Crippen LogP contribution in [-0.4, -0.2) is 46.9 Å². The van der Waals surface area contributed by atoms with Gasteiger partial charge in [-0.3, -0.25) is 4.79 Å². The summed E-state index contributed by atoms with van der Waals surface area (Å²) in [5.41, 5.74) is 1.94. The van der Waals surface area contributed by atoms with Crippen LogP contribution in [0.3, 0.4) is 0 Å². The molecular weight excluding hydrogens is 374 g/mol. The average molecular weight is 398 g/mol. The molecule has 0 fully saturated rings. The van der Waals surface area contributed by atoms with Crippen LogP contribution in [0.4, 0.5) is 0 Å². The van der Waals surface area contributed by atoms with Gasteiger partial charge < -0.3 is 15.5 Å².